The van der Waals surface area contributed by atoms with Crippen molar-refractivity contribution in [1.82, 2.24) is 0 Å². The molecule has 0 bridgehead atoms. The first-order valence-corrected chi connectivity index (χ1v) is 4.75. The van der Waals surface area contributed by atoms with Crippen LogP contribution in [0.1, 0.15) is 44.9 Å². The van der Waals surface area contributed by atoms with Crippen LogP contribution >= 0.6 is 0 Å². The highest BCUT2D eigenvalue weighted by Crippen LogP contribution is 2.19. The van der Waals surface area contributed by atoms with Crippen LogP contribution < -0.4 is 5.73 Å². The van der Waals surface area contributed by atoms with Crippen LogP contribution in [0.4, 0.5) is 4.79 Å². The van der Waals surface area contributed by atoms with Crippen LogP contribution in [0.2, 0.25) is 0 Å². The summed E-state index contributed by atoms with van der Waals surface area (Å²) in [6.07, 6.45) is 7.62. The van der Waals surface area contributed by atoms with Crippen molar-refractivity contribution in [3.8, 4) is 0 Å². The topological polar surface area (TPSA) is 52.3 Å². The van der Waals surface area contributed by atoms with Gasteiger partial charge in [0.15, 0.2) is 0 Å². The molecule has 0 saturated heterocycles. The van der Waals surface area contributed by atoms with Gasteiger partial charge in [-0.3, -0.25) is 0 Å². The zero-order valence-corrected chi connectivity index (χ0v) is 7.42. The molecule has 0 heterocycles. The molecular formula is C9H17NO2. The second-order valence-electron chi connectivity index (χ2n) is 3.40. The summed E-state index contributed by atoms with van der Waals surface area (Å²) >= 11 is 0. The van der Waals surface area contributed by atoms with Crippen molar-refractivity contribution in [2.75, 3.05) is 0 Å². The second-order valence-corrected chi connectivity index (χ2v) is 3.40. The van der Waals surface area contributed by atoms with Crippen LogP contribution in [0.5, 0.6) is 0 Å². The van der Waals surface area contributed by atoms with E-state index >= 15 is 0 Å². The maximum Gasteiger partial charge on any atom is 0.404 e. The molecule has 1 fully saturated rings. The summed E-state index contributed by atoms with van der Waals surface area (Å²) in [5.41, 5.74) is 4.95. The quantitative estimate of drug-likeness (QED) is 0.657. The summed E-state index contributed by atoms with van der Waals surface area (Å²) in [6, 6.07) is 0. The average molecular weight is 171 g/mol. The lowest BCUT2D eigenvalue weighted by Gasteiger charge is -2.18. The van der Waals surface area contributed by atoms with Gasteiger partial charge in [-0.15, -0.1) is 0 Å². The summed E-state index contributed by atoms with van der Waals surface area (Å²) in [5, 5.41) is 0. The van der Waals surface area contributed by atoms with Gasteiger partial charge in [0.05, 0.1) is 0 Å². The monoisotopic (exact) mass is 171 g/mol. The largest absolute Gasteiger partial charge is 0.446 e. The number of carbonyl (C=O) groups is 1. The Kier molecular flexibility index (Phi) is 3.91. The molecule has 0 spiro atoms. The molecular weight excluding hydrogens is 154 g/mol. The molecule has 3 nitrogen and oxygen atoms in total. The molecule has 12 heavy (non-hydrogen) atoms. The van der Waals surface area contributed by atoms with Gasteiger partial charge in [-0.1, -0.05) is 19.3 Å². The highest BCUT2D eigenvalue weighted by molar-refractivity contribution is 5.64. The first-order chi connectivity index (χ1) is 5.79. The molecule has 0 aromatic heterocycles. The summed E-state index contributed by atoms with van der Waals surface area (Å²) < 4.78 is 4.97. The van der Waals surface area contributed by atoms with Crippen molar-refractivity contribution in [2.45, 2.75) is 51.0 Å². The summed E-state index contributed by atoms with van der Waals surface area (Å²) in [5.74, 6) is 0. The fourth-order valence-corrected chi connectivity index (χ4v) is 1.70. The first-order valence-electron chi connectivity index (χ1n) is 4.75. The molecule has 1 aliphatic carbocycles. The van der Waals surface area contributed by atoms with Gasteiger partial charge in [0.1, 0.15) is 6.10 Å². The third kappa shape index (κ3) is 3.60. The van der Waals surface area contributed by atoms with Gasteiger partial charge in [-0.05, 0) is 25.7 Å². The average Bonchev–Trinajstić information content (AvgIpc) is 1.93. The molecule has 0 aliphatic heterocycles. The van der Waals surface area contributed by atoms with Crippen molar-refractivity contribution >= 4 is 6.09 Å². The predicted molar refractivity (Wildman–Crippen MR) is 46.8 cm³/mol. The highest BCUT2D eigenvalue weighted by Gasteiger charge is 2.13. The van der Waals surface area contributed by atoms with E-state index in [-0.39, 0.29) is 6.10 Å². The SMILES string of the molecule is NC(=O)OC1CCCCCCC1. The standard InChI is InChI=1S/C9H17NO2/c10-9(11)12-8-6-4-2-1-3-5-7-8/h8H,1-7H2,(H2,10,11). The minimum Gasteiger partial charge on any atom is -0.446 e. The lowest BCUT2D eigenvalue weighted by Crippen LogP contribution is -2.23. The molecule has 0 unspecified atom stereocenters. The van der Waals surface area contributed by atoms with Crippen LogP contribution in [-0.4, -0.2) is 12.2 Å². The van der Waals surface area contributed by atoms with Crippen LogP contribution in [0.25, 0.3) is 0 Å². The predicted octanol–water partition coefficient (Wildman–Crippen LogP) is 2.19. The van der Waals surface area contributed by atoms with Gasteiger partial charge in [0.25, 0.3) is 0 Å². The molecule has 0 aromatic rings. The van der Waals surface area contributed by atoms with E-state index in [1.54, 1.807) is 0 Å². The van der Waals surface area contributed by atoms with Crippen molar-refractivity contribution in [1.29, 1.82) is 0 Å². The lowest BCUT2D eigenvalue weighted by atomic mass is 9.99. The van der Waals surface area contributed by atoms with Crippen LogP contribution in [0.15, 0.2) is 0 Å². The Bertz CT molecular complexity index is 139. The van der Waals surface area contributed by atoms with Gasteiger partial charge in [0.2, 0.25) is 0 Å². The summed E-state index contributed by atoms with van der Waals surface area (Å²) in [6.45, 7) is 0. The third-order valence-corrected chi connectivity index (χ3v) is 2.34. The Morgan fingerprint density at radius 1 is 1.08 bits per heavy atom. The molecule has 1 rings (SSSR count). The van der Waals surface area contributed by atoms with Crippen molar-refractivity contribution in [3.05, 3.63) is 0 Å². The zero-order chi connectivity index (χ0) is 8.81. The van der Waals surface area contributed by atoms with Gasteiger partial charge >= 0.3 is 6.09 Å². The Labute approximate surface area is 73.3 Å². The summed E-state index contributed by atoms with van der Waals surface area (Å²) in [4.78, 5) is 10.5. The van der Waals surface area contributed by atoms with Crippen molar-refractivity contribution in [2.24, 2.45) is 5.73 Å². The second kappa shape index (κ2) is 5.01. The number of hydrogen-bond donors (Lipinski definition) is 1. The van der Waals surface area contributed by atoms with E-state index in [0.29, 0.717) is 0 Å². The maximum atomic E-state index is 10.5. The molecule has 1 amide bonds. The molecule has 0 atom stereocenters. The van der Waals surface area contributed by atoms with E-state index in [4.69, 9.17) is 10.5 Å². The van der Waals surface area contributed by atoms with Crippen molar-refractivity contribution < 1.29 is 9.53 Å². The van der Waals surface area contributed by atoms with Crippen molar-refractivity contribution in [3.63, 3.8) is 0 Å². The van der Waals surface area contributed by atoms with Gasteiger partial charge < -0.3 is 10.5 Å². The van der Waals surface area contributed by atoms with E-state index < -0.39 is 6.09 Å². The Morgan fingerprint density at radius 3 is 2.08 bits per heavy atom. The van der Waals surface area contributed by atoms with Gasteiger partial charge in [0, 0.05) is 0 Å². The van der Waals surface area contributed by atoms with Crippen LogP contribution in [0, 0.1) is 0 Å². The smallest absolute Gasteiger partial charge is 0.404 e. The third-order valence-electron chi connectivity index (χ3n) is 2.34. The molecule has 0 aromatic carbocycles. The van der Waals surface area contributed by atoms with Crippen LogP contribution in [0.3, 0.4) is 0 Å². The van der Waals surface area contributed by atoms with E-state index in [9.17, 15) is 4.79 Å². The molecule has 0 radical (unpaired) electrons. The molecule has 1 saturated carbocycles. The van der Waals surface area contributed by atoms with E-state index in [0.717, 1.165) is 25.7 Å². The number of hydrogen-bond acceptors (Lipinski definition) is 2. The minimum atomic E-state index is -0.624. The first kappa shape index (κ1) is 9.36. The number of ether oxygens (including phenoxy) is 1. The molecule has 1 aliphatic rings. The Hall–Kier alpha value is -0.730. The molecule has 2 N–H and O–H groups in total. The Morgan fingerprint density at radius 2 is 1.58 bits per heavy atom. The van der Waals surface area contributed by atoms with E-state index in [2.05, 4.69) is 0 Å². The van der Waals surface area contributed by atoms with E-state index in [1.165, 1.54) is 19.3 Å². The fourth-order valence-electron chi connectivity index (χ4n) is 1.70. The normalized spacial score (nSPS) is 21.0. The van der Waals surface area contributed by atoms with E-state index in [1.807, 2.05) is 0 Å². The minimum absolute atomic E-state index is 0.0859. The Balaban J connectivity index is 2.24. The molecule has 3 heteroatoms. The highest BCUT2D eigenvalue weighted by atomic mass is 16.6. The fraction of sp³-hybridized carbons (Fsp3) is 0.889. The van der Waals surface area contributed by atoms with Crippen LogP contribution in [-0.2, 0) is 4.74 Å². The maximum absolute atomic E-state index is 10.5. The number of carbonyl (C=O) groups excluding carboxylic acids is 1. The number of amides is 1. The number of primary amides is 1. The van der Waals surface area contributed by atoms with Gasteiger partial charge in [-0.2, -0.15) is 0 Å². The number of rotatable bonds is 1. The molecule has 70 valence electrons. The summed E-state index contributed by atoms with van der Waals surface area (Å²) in [7, 11) is 0. The lowest BCUT2D eigenvalue weighted by molar-refractivity contribution is 0.0895. The van der Waals surface area contributed by atoms with Gasteiger partial charge in [-0.25, -0.2) is 4.79 Å². The zero-order valence-electron chi connectivity index (χ0n) is 7.42. The number of nitrogens with two attached hydrogens (primary N) is 1.